The molecule has 7 heteroatoms. The third kappa shape index (κ3) is 4.88. The fraction of sp³-hybridized carbons (Fsp3) is 0.500. The molecule has 1 aliphatic heterocycles. The Hall–Kier alpha value is -2.93. The highest BCUT2D eigenvalue weighted by Crippen LogP contribution is 2.42. The smallest absolute Gasteiger partial charge is 0.227 e. The molecule has 0 bridgehead atoms. The second-order valence-electron chi connectivity index (χ2n) is 9.37. The number of aliphatic hydroxyl groups is 1. The van der Waals surface area contributed by atoms with Gasteiger partial charge in [-0.15, -0.1) is 0 Å². The molecule has 2 fully saturated rings. The maximum Gasteiger partial charge on any atom is 0.227 e. The maximum atomic E-state index is 10.6. The lowest BCUT2D eigenvalue weighted by Crippen LogP contribution is -2.46. The van der Waals surface area contributed by atoms with Crippen LogP contribution in [0.15, 0.2) is 36.2 Å². The van der Waals surface area contributed by atoms with Crippen molar-refractivity contribution < 1.29 is 9.90 Å². The normalized spacial score (nSPS) is 19.6. The average molecular weight is 448 g/mol. The summed E-state index contributed by atoms with van der Waals surface area (Å²) in [5, 5.41) is 14.0. The van der Waals surface area contributed by atoms with Crippen LogP contribution in [0.5, 0.6) is 0 Å². The van der Waals surface area contributed by atoms with Crippen LogP contribution in [0.25, 0.3) is 5.57 Å². The van der Waals surface area contributed by atoms with Crippen LogP contribution in [-0.2, 0) is 11.2 Å². The predicted molar refractivity (Wildman–Crippen MR) is 131 cm³/mol. The molecule has 0 spiro atoms. The monoisotopic (exact) mass is 447 g/mol. The number of aryl methyl sites for hydroxylation is 1. The lowest BCUT2D eigenvalue weighted by atomic mass is 9.85. The zero-order valence-electron chi connectivity index (χ0n) is 19.2. The van der Waals surface area contributed by atoms with Crippen LogP contribution < -0.4 is 10.2 Å². The summed E-state index contributed by atoms with van der Waals surface area (Å²) in [6, 6.07) is 8.42. The fourth-order valence-electron chi connectivity index (χ4n) is 5.40. The van der Waals surface area contributed by atoms with Crippen molar-refractivity contribution in [2.24, 2.45) is 5.92 Å². The van der Waals surface area contributed by atoms with E-state index in [9.17, 15) is 9.90 Å². The number of carbonyl (C=O) groups excluding carboxylic acids is 1. The summed E-state index contributed by atoms with van der Waals surface area (Å²) in [5.74, 6) is 1.52. The molecular formula is C26H33N5O2. The number of fused-ring (bicyclic) bond motifs is 1. The van der Waals surface area contributed by atoms with Gasteiger partial charge in [0.25, 0.3) is 0 Å². The third-order valence-electron chi connectivity index (χ3n) is 7.25. The number of carbonyl (C=O) groups is 1. The summed E-state index contributed by atoms with van der Waals surface area (Å²) in [4.78, 5) is 24.7. The number of hydrogen-bond acceptors (Lipinski definition) is 7. The van der Waals surface area contributed by atoms with Crippen molar-refractivity contribution >= 4 is 29.2 Å². The second-order valence-corrected chi connectivity index (χ2v) is 9.37. The highest BCUT2D eigenvalue weighted by atomic mass is 16.3. The van der Waals surface area contributed by atoms with E-state index in [1.165, 1.54) is 18.5 Å². The average Bonchev–Trinajstić information content (AvgIpc) is 3.38. The van der Waals surface area contributed by atoms with Crippen LogP contribution >= 0.6 is 0 Å². The Kier molecular flexibility index (Phi) is 6.58. The van der Waals surface area contributed by atoms with Gasteiger partial charge in [-0.25, -0.2) is 9.97 Å². The SMILES string of the molecule is O=CCCN1CCN(c2ccc(Nc3ncc4c(n3)C(C3CCCC3)=C(O)CC4)cc2)CC1. The first-order valence-corrected chi connectivity index (χ1v) is 12.3. The first kappa shape index (κ1) is 21.9. The molecule has 0 radical (unpaired) electrons. The number of benzene rings is 1. The number of anilines is 3. The van der Waals surface area contributed by atoms with Crippen LogP contribution in [-0.4, -0.2) is 59.0 Å². The lowest BCUT2D eigenvalue weighted by molar-refractivity contribution is -0.108. The molecule has 7 nitrogen and oxygen atoms in total. The number of nitrogens with zero attached hydrogens (tertiary/aromatic N) is 4. The molecule has 1 saturated carbocycles. The summed E-state index contributed by atoms with van der Waals surface area (Å²) < 4.78 is 0. The summed E-state index contributed by atoms with van der Waals surface area (Å²) >= 11 is 0. The Balaban J connectivity index is 1.26. The molecular weight excluding hydrogens is 414 g/mol. The standard InChI is InChI=1S/C26H33N5O2/c32-17-3-12-30-13-15-31(16-14-30)22-9-7-21(8-10-22)28-26-27-18-20-6-11-23(33)24(25(20)29-26)19-4-1-2-5-19/h7-10,17-19,33H,1-6,11-16H2,(H,27,28,29). The van der Waals surface area contributed by atoms with E-state index in [-0.39, 0.29) is 0 Å². The largest absolute Gasteiger partial charge is 0.512 e. The van der Waals surface area contributed by atoms with Crippen molar-refractivity contribution in [2.75, 3.05) is 42.9 Å². The lowest BCUT2D eigenvalue weighted by Gasteiger charge is -2.35. The number of allylic oxidation sites excluding steroid dienone is 2. The molecule has 2 aliphatic carbocycles. The Morgan fingerprint density at radius 2 is 1.82 bits per heavy atom. The first-order valence-electron chi connectivity index (χ1n) is 12.3. The molecule has 2 heterocycles. The molecule has 33 heavy (non-hydrogen) atoms. The van der Waals surface area contributed by atoms with E-state index in [0.29, 0.717) is 30.5 Å². The molecule has 1 saturated heterocycles. The van der Waals surface area contributed by atoms with Gasteiger partial charge in [0.05, 0.1) is 11.5 Å². The summed E-state index contributed by atoms with van der Waals surface area (Å²) in [6.07, 6.45) is 9.76. The van der Waals surface area contributed by atoms with Gasteiger partial charge in [0.1, 0.15) is 6.29 Å². The van der Waals surface area contributed by atoms with E-state index in [4.69, 9.17) is 4.98 Å². The molecule has 174 valence electrons. The third-order valence-corrected chi connectivity index (χ3v) is 7.25. The Morgan fingerprint density at radius 3 is 2.55 bits per heavy atom. The van der Waals surface area contributed by atoms with Gasteiger partial charge in [-0.2, -0.15) is 0 Å². The van der Waals surface area contributed by atoms with Gasteiger partial charge in [0.15, 0.2) is 0 Å². The molecule has 5 rings (SSSR count). The quantitative estimate of drug-likeness (QED) is 0.611. The van der Waals surface area contributed by atoms with Crippen LogP contribution in [0, 0.1) is 5.92 Å². The van der Waals surface area contributed by atoms with Gasteiger partial charge >= 0.3 is 0 Å². The minimum atomic E-state index is 0.421. The highest BCUT2D eigenvalue weighted by Gasteiger charge is 2.29. The Bertz CT molecular complexity index is 1010. The van der Waals surface area contributed by atoms with Crippen molar-refractivity contribution in [3.05, 3.63) is 47.5 Å². The molecule has 1 aromatic carbocycles. The number of nitrogens with one attached hydrogen (secondary N) is 1. The molecule has 0 atom stereocenters. The van der Waals surface area contributed by atoms with Gasteiger partial charge in [-0.1, -0.05) is 12.8 Å². The van der Waals surface area contributed by atoms with Crippen molar-refractivity contribution in [1.82, 2.24) is 14.9 Å². The molecule has 0 unspecified atom stereocenters. The number of aromatic nitrogens is 2. The Morgan fingerprint density at radius 1 is 1.06 bits per heavy atom. The fourth-order valence-corrected chi connectivity index (χ4v) is 5.40. The van der Waals surface area contributed by atoms with Gasteiger partial charge in [0, 0.05) is 68.7 Å². The number of aldehydes is 1. The summed E-state index contributed by atoms with van der Waals surface area (Å²) in [7, 11) is 0. The number of rotatable bonds is 7. The van der Waals surface area contributed by atoms with Crippen molar-refractivity contribution in [3.8, 4) is 0 Å². The van der Waals surface area contributed by atoms with Crippen LogP contribution in [0.4, 0.5) is 17.3 Å². The van der Waals surface area contributed by atoms with Gasteiger partial charge in [-0.3, -0.25) is 4.90 Å². The molecule has 2 N–H and O–H groups in total. The maximum absolute atomic E-state index is 10.6. The highest BCUT2D eigenvalue weighted by molar-refractivity contribution is 5.72. The van der Waals surface area contributed by atoms with E-state index in [1.54, 1.807) is 0 Å². The van der Waals surface area contributed by atoms with Crippen molar-refractivity contribution in [3.63, 3.8) is 0 Å². The zero-order chi connectivity index (χ0) is 22.6. The van der Waals surface area contributed by atoms with E-state index in [0.717, 1.165) is 80.8 Å². The summed E-state index contributed by atoms with van der Waals surface area (Å²) in [5.41, 5.74) is 5.30. The minimum Gasteiger partial charge on any atom is -0.512 e. The van der Waals surface area contributed by atoms with Gasteiger partial charge < -0.3 is 20.1 Å². The van der Waals surface area contributed by atoms with Crippen molar-refractivity contribution in [2.45, 2.75) is 44.9 Å². The molecule has 1 aromatic heterocycles. The van der Waals surface area contributed by atoms with E-state index >= 15 is 0 Å². The first-order chi connectivity index (χ1) is 16.2. The van der Waals surface area contributed by atoms with Gasteiger partial charge in [-0.05, 0) is 55.0 Å². The number of hydrogen-bond donors (Lipinski definition) is 2. The number of aliphatic hydroxyl groups excluding tert-OH is 1. The summed E-state index contributed by atoms with van der Waals surface area (Å²) in [6.45, 7) is 4.77. The second kappa shape index (κ2) is 9.91. The molecule has 2 aromatic rings. The Labute approximate surface area is 195 Å². The minimum absolute atomic E-state index is 0.421. The van der Waals surface area contributed by atoms with E-state index in [1.807, 2.05) is 6.20 Å². The van der Waals surface area contributed by atoms with Crippen LogP contribution in [0.3, 0.4) is 0 Å². The topological polar surface area (TPSA) is 81.6 Å². The number of piperazine rings is 1. The predicted octanol–water partition coefficient (Wildman–Crippen LogP) is 4.34. The van der Waals surface area contributed by atoms with Crippen molar-refractivity contribution in [1.29, 1.82) is 0 Å². The molecule has 3 aliphatic rings. The van der Waals surface area contributed by atoms with Gasteiger partial charge in [0.2, 0.25) is 5.95 Å². The van der Waals surface area contributed by atoms with Crippen LogP contribution in [0.2, 0.25) is 0 Å². The van der Waals surface area contributed by atoms with Crippen LogP contribution in [0.1, 0.15) is 49.8 Å². The van der Waals surface area contributed by atoms with E-state index < -0.39 is 0 Å². The van der Waals surface area contributed by atoms with E-state index in [2.05, 4.69) is 44.4 Å². The molecule has 0 amide bonds. The zero-order valence-corrected chi connectivity index (χ0v) is 19.2.